The van der Waals surface area contributed by atoms with E-state index >= 15 is 0 Å². The number of carboxylic acids is 1. The minimum atomic E-state index is -1.23. The van der Waals surface area contributed by atoms with E-state index in [9.17, 15) is 24.6 Å². The Morgan fingerprint density at radius 2 is 1.52 bits per heavy atom. The van der Waals surface area contributed by atoms with Crippen LogP contribution >= 0.6 is 0 Å². The first-order valence-electron chi connectivity index (χ1n) is 16.8. The molecule has 4 saturated carbocycles. The summed E-state index contributed by atoms with van der Waals surface area (Å²) in [6.07, 6.45) is 4.65. The first-order chi connectivity index (χ1) is 20.0. The van der Waals surface area contributed by atoms with Crippen LogP contribution in [-0.4, -0.2) is 68.3 Å². The van der Waals surface area contributed by atoms with Crippen molar-refractivity contribution in [3.8, 4) is 0 Å². The predicted molar refractivity (Wildman–Crippen MR) is 162 cm³/mol. The van der Waals surface area contributed by atoms with Crippen LogP contribution in [0, 0.1) is 39.4 Å². The molecule has 0 unspecified atom stereocenters. The molecule has 0 aromatic carbocycles. The number of fused-ring (bicyclic) bond motifs is 5. The first-order valence-corrected chi connectivity index (χ1v) is 16.8. The molecule has 9 heteroatoms. The van der Waals surface area contributed by atoms with Gasteiger partial charge in [0.05, 0.1) is 17.3 Å². The second kappa shape index (κ2) is 10.4. The number of ether oxygens (including phenoxy) is 3. The maximum Gasteiger partial charge on any atom is 0.317 e. The fraction of sp³-hybridized carbons (Fsp3) is 0.914. The number of aliphatic carboxylic acids is 1. The molecule has 11 atom stereocenters. The normalized spacial score (nSPS) is 48.1. The molecule has 5 fully saturated rings. The van der Waals surface area contributed by atoms with Gasteiger partial charge in [0.15, 0.2) is 0 Å². The molecule has 250 valence electrons. The van der Waals surface area contributed by atoms with Gasteiger partial charge >= 0.3 is 17.9 Å². The molecule has 4 aliphatic carbocycles. The summed E-state index contributed by atoms with van der Waals surface area (Å²) >= 11 is 0. The third-order valence-corrected chi connectivity index (χ3v) is 14.2. The average molecular weight is 621 g/mol. The van der Waals surface area contributed by atoms with Gasteiger partial charge in [-0.1, -0.05) is 34.6 Å². The van der Waals surface area contributed by atoms with Crippen molar-refractivity contribution in [2.75, 3.05) is 0 Å². The average Bonchev–Trinajstić information content (AvgIpc) is 3.42. The lowest BCUT2D eigenvalue weighted by Gasteiger charge is -2.71. The van der Waals surface area contributed by atoms with E-state index in [0.29, 0.717) is 32.1 Å². The SMILES string of the molecule is CC(=O)O[C@@H]1C[C@H]2[C@@]3(C)CC[C@@H](OC(=O)CC(=O)O)C(C)(C)[C@H]3CC[C@@]2(C)[C@]2(C)CC[C@](O)([C@]3(C)CC[C@@H](C(C)(C)O)O3)[C@H]12. The number of carbonyl (C=O) groups excluding carboxylic acids is 2. The third kappa shape index (κ3) is 4.76. The van der Waals surface area contributed by atoms with Gasteiger partial charge < -0.3 is 29.5 Å². The smallest absolute Gasteiger partial charge is 0.317 e. The topological polar surface area (TPSA) is 140 Å². The molecule has 0 aromatic rings. The van der Waals surface area contributed by atoms with Crippen molar-refractivity contribution in [2.45, 2.75) is 162 Å². The summed E-state index contributed by atoms with van der Waals surface area (Å²) in [5, 5.41) is 32.8. The summed E-state index contributed by atoms with van der Waals surface area (Å²) < 4.78 is 18.6. The van der Waals surface area contributed by atoms with Gasteiger partial charge in [-0.3, -0.25) is 14.4 Å². The molecule has 44 heavy (non-hydrogen) atoms. The highest BCUT2D eigenvalue weighted by atomic mass is 16.6. The van der Waals surface area contributed by atoms with Crippen LogP contribution in [0.25, 0.3) is 0 Å². The predicted octanol–water partition coefficient (Wildman–Crippen LogP) is 5.42. The van der Waals surface area contributed by atoms with Gasteiger partial charge in [0.2, 0.25) is 0 Å². The van der Waals surface area contributed by atoms with Gasteiger partial charge in [-0.2, -0.15) is 0 Å². The number of carboxylic acid groups (broad SMARTS) is 1. The van der Waals surface area contributed by atoms with Crippen molar-refractivity contribution in [1.82, 2.24) is 0 Å². The summed E-state index contributed by atoms with van der Waals surface area (Å²) in [5.41, 5.74) is -4.16. The third-order valence-electron chi connectivity index (χ3n) is 14.2. The summed E-state index contributed by atoms with van der Waals surface area (Å²) in [5.74, 6) is -2.15. The molecule has 1 saturated heterocycles. The number of hydrogen-bond acceptors (Lipinski definition) is 8. The maximum atomic E-state index is 12.9. The number of esters is 2. The molecular formula is C35H56O9. The van der Waals surface area contributed by atoms with E-state index in [-0.39, 0.29) is 57.6 Å². The monoisotopic (exact) mass is 620 g/mol. The van der Waals surface area contributed by atoms with Gasteiger partial charge in [0.25, 0.3) is 0 Å². The van der Waals surface area contributed by atoms with Crippen LogP contribution in [0.3, 0.4) is 0 Å². The summed E-state index contributed by atoms with van der Waals surface area (Å²) in [7, 11) is 0. The molecule has 5 rings (SSSR count). The Morgan fingerprint density at radius 1 is 0.864 bits per heavy atom. The minimum absolute atomic E-state index is 0.140. The molecule has 5 aliphatic rings. The van der Waals surface area contributed by atoms with Crippen LogP contribution in [0.15, 0.2) is 0 Å². The Morgan fingerprint density at radius 3 is 2.09 bits per heavy atom. The Balaban J connectivity index is 1.51. The lowest BCUT2D eigenvalue weighted by Crippen LogP contribution is -2.70. The van der Waals surface area contributed by atoms with Crippen LogP contribution < -0.4 is 0 Å². The molecule has 3 N–H and O–H groups in total. The van der Waals surface area contributed by atoms with Gasteiger partial charge in [-0.15, -0.1) is 0 Å². The van der Waals surface area contributed by atoms with Crippen LogP contribution in [0.1, 0.15) is 127 Å². The van der Waals surface area contributed by atoms with Crippen LogP contribution in [0.4, 0.5) is 0 Å². The van der Waals surface area contributed by atoms with Gasteiger partial charge in [-0.05, 0) is 107 Å². The zero-order valence-electron chi connectivity index (χ0n) is 28.3. The quantitative estimate of drug-likeness (QED) is 0.262. The Kier molecular flexibility index (Phi) is 7.95. The van der Waals surface area contributed by atoms with Crippen LogP contribution in [-0.2, 0) is 28.6 Å². The van der Waals surface area contributed by atoms with Gasteiger partial charge in [-0.25, -0.2) is 0 Å². The van der Waals surface area contributed by atoms with E-state index in [0.717, 1.165) is 25.7 Å². The second-order valence-corrected chi connectivity index (χ2v) is 17.2. The van der Waals surface area contributed by atoms with E-state index < -0.39 is 41.3 Å². The summed E-state index contributed by atoms with van der Waals surface area (Å²) in [4.78, 5) is 36.2. The molecule has 0 bridgehead atoms. The number of carbonyl (C=O) groups is 3. The van der Waals surface area contributed by atoms with E-state index in [1.807, 2.05) is 6.92 Å². The van der Waals surface area contributed by atoms with Crippen molar-refractivity contribution in [3.05, 3.63) is 0 Å². The zero-order chi connectivity index (χ0) is 32.9. The number of hydrogen-bond donors (Lipinski definition) is 3. The van der Waals surface area contributed by atoms with Crippen molar-refractivity contribution < 1.29 is 43.9 Å². The Bertz CT molecular complexity index is 1190. The van der Waals surface area contributed by atoms with E-state index in [2.05, 4.69) is 34.6 Å². The van der Waals surface area contributed by atoms with E-state index in [4.69, 9.17) is 19.3 Å². The van der Waals surface area contributed by atoms with Gasteiger partial charge in [0, 0.05) is 18.3 Å². The highest BCUT2D eigenvalue weighted by Crippen LogP contribution is 2.77. The molecule has 1 aliphatic heterocycles. The number of aliphatic hydroxyl groups is 2. The van der Waals surface area contributed by atoms with E-state index in [1.54, 1.807) is 13.8 Å². The van der Waals surface area contributed by atoms with Crippen molar-refractivity contribution in [2.24, 2.45) is 39.4 Å². The lowest BCUT2D eigenvalue weighted by molar-refractivity contribution is -0.280. The highest BCUT2D eigenvalue weighted by molar-refractivity contribution is 5.90. The highest BCUT2D eigenvalue weighted by Gasteiger charge is 2.76. The molecule has 0 spiro atoms. The standard InChI is InChI=1S/C35H56O9/c1-20(36)42-21-18-23-31(6)13-11-24(43-27(39)19-26(37)38)29(2,3)22(31)10-14-32(23,7)33(8)16-17-35(41,28(21)33)34(9)15-12-25(44-34)30(4,5)40/h21-25,28,40-41H,10-19H2,1-9H3,(H,37,38)/t21-,22-,23+,24-,25+,28-,31+,32-,33-,34+,35-/m1/s1. The van der Waals surface area contributed by atoms with Crippen LogP contribution in [0.2, 0.25) is 0 Å². The van der Waals surface area contributed by atoms with Gasteiger partial charge in [0.1, 0.15) is 24.2 Å². The zero-order valence-corrected chi connectivity index (χ0v) is 28.3. The minimum Gasteiger partial charge on any atom is -0.481 e. The molecule has 0 amide bonds. The largest absolute Gasteiger partial charge is 0.481 e. The van der Waals surface area contributed by atoms with Crippen molar-refractivity contribution in [3.63, 3.8) is 0 Å². The second-order valence-electron chi connectivity index (χ2n) is 17.2. The fourth-order valence-electron chi connectivity index (χ4n) is 11.9. The van der Waals surface area contributed by atoms with Crippen LogP contribution in [0.5, 0.6) is 0 Å². The van der Waals surface area contributed by atoms with E-state index in [1.165, 1.54) is 6.92 Å². The summed E-state index contributed by atoms with van der Waals surface area (Å²) in [6, 6.07) is 0. The Hall–Kier alpha value is -1.71. The molecule has 0 aromatic heterocycles. The molecule has 9 nitrogen and oxygen atoms in total. The maximum absolute atomic E-state index is 12.9. The molecule has 1 heterocycles. The Labute approximate surface area is 262 Å². The molecular weight excluding hydrogens is 564 g/mol. The fourth-order valence-corrected chi connectivity index (χ4v) is 11.9. The lowest BCUT2D eigenvalue weighted by atomic mass is 9.35. The molecule has 0 radical (unpaired) electrons. The number of rotatable bonds is 6. The van der Waals surface area contributed by atoms with Crippen molar-refractivity contribution in [1.29, 1.82) is 0 Å². The first kappa shape index (κ1) is 33.6. The summed E-state index contributed by atoms with van der Waals surface area (Å²) in [6.45, 7) is 18.3. The van der Waals surface area contributed by atoms with Crippen molar-refractivity contribution >= 4 is 17.9 Å².